The van der Waals surface area contributed by atoms with E-state index in [0.29, 0.717) is 28.1 Å². The lowest BCUT2D eigenvalue weighted by molar-refractivity contribution is 0.0893. The van der Waals surface area contributed by atoms with Gasteiger partial charge in [0.15, 0.2) is 0 Å². The van der Waals surface area contributed by atoms with Crippen LogP contribution < -0.4 is 0 Å². The molecule has 8 atom stereocenters. The Bertz CT molecular complexity index is 750. The molecule has 5 aliphatic rings. The summed E-state index contributed by atoms with van der Waals surface area (Å²) in [6, 6.07) is 0. The summed E-state index contributed by atoms with van der Waals surface area (Å²) in [5.41, 5.74) is 5.32. The van der Waals surface area contributed by atoms with Gasteiger partial charge in [-0.25, -0.2) is 0 Å². The standard InChI is InChI=1S/C28H42/c1-18(2)19(3)7-8-20(4)23-9-10-24-22-12-16-28-17-21(28)11-15-27(28,6)25(22)13-14-26(23,24)5/h7-8,12,16,18-21,23,25H,9-11,13-15,17H2,1-6H3/b8-7+/t19-,20+,21-,23+,25-,26+,27+,28-/m0/s1. The minimum atomic E-state index is 0.448. The Morgan fingerprint density at radius 2 is 1.79 bits per heavy atom. The molecule has 0 nitrogen and oxygen atoms in total. The molecule has 5 aliphatic carbocycles. The third kappa shape index (κ3) is 2.36. The minimum Gasteiger partial charge on any atom is -0.0852 e. The highest BCUT2D eigenvalue weighted by atomic mass is 14.7. The molecule has 3 fully saturated rings. The van der Waals surface area contributed by atoms with Crippen LogP contribution in [-0.2, 0) is 0 Å². The normalized spacial score (nSPS) is 48.5. The van der Waals surface area contributed by atoms with Crippen molar-refractivity contribution in [1.29, 1.82) is 0 Å². The molecule has 0 radical (unpaired) electrons. The quantitative estimate of drug-likeness (QED) is 0.435. The molecule has 0 aliphatic heterocycles. The lowest BCUT2D eigenvalue weighted by Crippen LogP contribution is -2.42. The number of rotatable bonds is 4. The van der Waals surface area contributed by atoms with E-state index in [1.165, 1.54) is 44.9 Å². The fraction of sp³-hybridized carbons (Fsp3) is 0.786. The van der Waals surface area contributed by atoms with E-state index in [4.69, 9.17) is 0 Å². The molecule has 28 heavy (non-hydrogen) atoms. The Morgan fingerprint density at radius 3 is 2.50 bits per heavy atom. The van der Waals surface area contributed by atoms with Crippen molar-refractivity contribution in [3.05, 3.63) is 35.5 Å². The number of allylic oxidation sites excluding steroid dienone is 6. The third-order valence-electron chi connectivity index (χ3n) is 10.9. The van der Waals surface area contributed by atoms with E-state index in [1.807, 2.05) is 11.1 Å². The highest BCUT2D eigenvalue weighted by Crippen LogP contribution is 2.79. The maximum absolute atomic E-state index is 2.70. The second kappa shape index (κ2) is 6.12. The molecular formula is C28H42. The molecule has 0 saturated heterocycles. The molecule has 5 rings (SSSR count). The molecule has 3 saturated carbocycles. The molecule has 1 spiro atoms. The fourth-order valence-electron chi connectivity index (χ4n) is 8.42. The highest BCUT2D eigenvalue weighted by Gasteiger charge is 2.71. The topological polar surface area (TPSA) is 0 Å². The first-order valence-corrected chi connectivity index (χ1v) is 12.3. The van der Waals surface area contributed by atoms with Gasteiger partial charge < -0.3 is 0 Å². The van der Waals surface area contributed by atoms with Crippen molar-refractivity contribution >= 4 is 0 Å². The van der Waals surface area contributed by atoms with Gasteiger partial charge in [-0.15, -0.1) is 0 Å². The van der Waals surface area contributed by atoms with E-state index in [1.54, 1.807) is 0 Å². The van der Waals surface area contributed by atoms with Gasteiger partial charge in [0.1, 0.15) is 0 Å². The van der Waals surface area contributed by atoms with E-state index in [0.717, 1.165) is 23.7 Å². The average molecular weight is 379 g/mol. The average Bonchev–Trinajstić information content (AvgIpc) is 3.14. The minimum absolute atomic E-state index is 0.448. The Labute approximate surface area is 173 Å². The van der Waals surface area contributed by atoms with Crippen LogP contribution in [0.25, 0.3) is 0 Å². The van der Waals surface area contributed by atoms with Crippen LogP contribution in [0.2, 0.25) is 0 Å². The van der Waals surface area contributed by atoms with Gasteiger partial charge in [0.25, 0.3) is 0 Å². The Balaban J connectivity index is 1.45. The van der Waals surface area contributed by atoms with Crippen molar-refractivity contribution in [3.8, 4) is 0 Å². The summed E-state index contributed by atoms with van der Waals surface area (Å²) in [5.74, 6) is 4.86. The molecule has 0 aromatic rings. The maximum Gasteiger partial charge on any atom is -0.00239 e. The van der Waals surface area contributed by atoms with E-state index in [9.17, 15) is 0 Å². The van der Waals surface area contributed by atoms with E-state index in [-0.39, 0.29) is 0 Å². The van der Waals surface area contributed by atoms with Gasteiger partial charge in [-0.2, -0.15) is 0 Å². The van der Waals surface area contributed by atoms with Crippen LogP contribution in [0.15, 0.2) is 35.5 Å². The first kappa shape index (κ1) is 19.2. The molecule has 0 aromatic carbocycles. The summed E-state index contributed by atoms with van der Waals surface area (Å²) in [6.45, 7) is 14.9. The number of fused-ring (bicyclic) bond motifs is 3. The Kier molecular flexibility index (Phi) is 4.19. The van der Waals surface area contributed by atoms with Gasteiger partial charge in [-0.05, 0) is 102 Å². The predicted molar refractivity (Wildman–Crippen MR) is 120 cm³/mol. The zero-order valence-corrected chi connectivity index (χ0v) is 19.2. The van der Waals surface area contributed by atoms with Crippen LogP contribution in [0.3, 0.4) is 0 Å². The van der Waals surface area contributed by atoms with Crippen LogP contribution in [0, 0.1) is 51.8 Å². The summed E-state index contributed by atoms with van der Waals surface area (Å²) >= 11 is 0. The first-order chi connectivity index (χ1) is 13.2. The fourth-order valence-corrected chi connectivity index (χ4v) is 8.42. The smallest absolute Gasteiger partial charge is 0.00239 e. The van der Waals surface area contributed by atoms with Crippen molar-refractivity contribution in [2.24, 2.45) is 51.8 Å². The molecule has 0 aromatic heterocycles. The molecule has 0 N–H and O–H groups in total. The van der Waals surface area contributed by atoms with Crippen LogP contribution in [-0.4, -0.2) is 0 Å². The molecule has 0 heteroatoms. The SMILES string of the molecule is CC(C)[C@@H](C)/C=C/[C@@H](C)[C@H]1CCC2=C3C=C[C@]45C[C@@H]4CC[C@]5(C)[C@H]3CC[C@@]21C. The van der Waals surface area contributed by atoms with Crippen molar-refractivity contribution in [3.63, 3.8) is 0 Å². The van der Waals surface area contributed by atoms with Gasteiger partial charge in [0.05, 0.1) is 0 Å². The van der Waals surface area contributed by atoms with Gasteiger partial charge in [0, 0.05) is 0 Å². The Morgan fingerprint density at radius 1 is 1.00 bits per heavy atom. The zero-order valence-electron chi connectivity index (χ0n) is 19.2. The van der Waals surface area contributed by atoms with Gasteiger partial charge in [-0.3, -0.25) is 0 Å². The van der Waals surface area contributed by atoms with Crippen molar-refractivity contribution in [2.45, 2.75) is 86.5 Å². The monoisotopic (exact) mass is 378 g/mol. The van der Waals surface area contributed by atoms with Gasteiger partial charge in [-0.1, -0.05) is 71.4 Å². The first-order valence-electron chi connectivity index (χ1n) is 12.3. The summed E-state index contributed by atoms with van der Waals surface area (Å²) in [4.78, 5) is 0. The van der Waals surface area contributed by atoms with Crippen molar-refractivity contribution in [1.82, 2.24) is 0 Å². The zero-order chi connectivity index (χ0) is 19.9. The van der Waals surface area contributed by atoms with E-state index in [2.05, 4.69) is 65.8 Å². The summed E-state index contributed by atoms with van der Waals surface area (Å²) in [7, 11) is 0. The highest BCUT2D eigenvalue weighted by molar-refractivity contribution is 5.46. The second-order valence-electron chi connectivity index (χ2n) is 12.2. The van der Waals surface area contributed by atoms with Crippen LogP contribution in [0.4, 0.5) is 0 Å². The van der Waals surface area contributed by atoms with Crippen molar-refractivity contribution in [2.75, 3.05) is 0 Å². The third-order valence-corrected chi connectivity index (χ3v) is 10.9. The van der Waals surface area contributed by atoms with E-state index < -0.39 is 0 Å². The molecule has 154 valence electrons. The van der Waals surface area contributed by atoms with Crippen molar-refractivity contribution < 1.29 is 0 Å². The van der Waals surface area contributed by atoms with E-state index >= 15 is 0 Å². The molecule has 0 bridgehead atoms. The number of hydrogen-bond donors (Lipinski definition) is 0. The lowest BCUT2D eigenvalue weighted by Gasteiger charge is -2.51. The summed E-state index contributed by atoms with van der Waals surface area (Å²) < 4.78 is 0. The van der Waals surface area contributed by atoms with Gasteiger partial charge >= 0.3 is 0 Å². The summed E-state index contributed by atoms with van der Waals surface area (Å²) in [5, 5.41) is 0. The Hall–Kier alpha value is -0.780. The second-order valence-corrected chi connectivity index (χ2v) is 12.2. The van der Waals surface area contributed by atoms with Gasteiger partial charge in [0.2, 0.25) is 0 Å². The summed E-state index contributed by atoms with van der Waals surface area (Å²) in [6.07, 6.45) is 20.5. The lowest BCUT2D eigenvalue weighted by atomic mass is 9.53. The molecule has 0 heterocycles. The number of hydrogen-bond acceptors (Lipinski definition) is 0. The predicted octanol–water partition coefficient (Wildman–Crippen LogP) is 7.97. The molecule has 0 unspecified atom stereocenters. The molecular weight excluding hydrogens is 336 g/mol. The van der Waals surface area contributed by atoms with Crippen LogP contribution in [0.1, 0.15) is 86.5 Å². The van der Waals surface area contributed by atoms with Crippen LogP contribution in [0.5, 0.6) is 0 Å². The van der Waals surface area contributed by atoms with Crippen LogP contribution >= 0.6 is 0 Å². The molecule has 0 amide bonds. The maximum atomic E-state index is 2.70. The largest absolute Gasteiger partial charge is 0.0852 e.